The summed E-state index contributed by atoms with van der Waals surface area (Å²) in [5.74, 6) is -0.756. The van der Waals surface area contributed by atoms with E-state index in [1.54, 1.807) is 0 Å². The molecule has 0 bridgehead atoms. The van der Waals surface area contributed by atoms with Gasteiger partial charge in [0.25, 0.3) is 0 Å². The maximum absolute atomic E-state index is 10.6. The summed E-state index contributed by atoms with van der Waals surface area (Å²) in [6, 6.07) is 0. The van der Waals surface area contributed by atoms with Crippen LogP contribution in [0, 0.1) is 39.9 Å². The molecule has 0 aliphatic carbocycles. The minimum Gasteiger partial charge on any atom is -0.480 e. The molecular formula is C10H22GdN4O2. The van der Waals surface area contributed by atoms with E-state index in [0.717, 1.165) is 52.4 Å². The normalized spacial score (nSPS) is 20.7. The van der Waals surface area contributed by atoms with Gasteiger partial charge in [-0.25, -0.2) is 0 Å². The summed E-state index contributed by atoms with van der Waals surface area (Å²) in [6.07, 6.45) is 0. The zero-order valence-electron chi connectivity index (χ0n) is 10.0. The number of hydrogen-bond acceptors (Lipinski definition) is 5. The molecule has 0 aromatic heterocycles. The van der Waals surface area contributed by atoms with Gasteiger partial charge in [0, 0.05) is 92.3 Å². The monoisotopic (exact) mass is 388 g/mol. The summed E-state index contributed by atoms with van der Waals surface area (Å²) < 4.78 is 0. The predicted octanol–water partition coefficient (Wildman–Crippen LogP) is -1.84. The molecule has 0 spiro atoms. The summed E-state index contributed by atoms with van der Waals surface area (Å²) >= 11 is 0. The van der Waals surface area contributed by atoms with Crippen molar-refractivity contribution in [3.63, 3.8) is 0 Å². The maximum Gasteiger partial charge on any atom is 0.317 e. The molecule has 0 unspecified atom stereocenters. The summed E-state index contributed by atoms with van der Waals surface area (Å²) in [6.45, 7) is 7.16. The van der Waals surface area contributed by atoms with Gasteiger partial charge in [-0.1, -0.05) is 0 Å². The third-order valence-electron chi connectivity index (χ3n) is 2.53. The number of nitrogens with zero attached hydrogens (tertiary/aromatic N) is 1. The van der Waals surface area contributed by atoms with Gasteiger partial charge in [-0.3, -0.25) is 9.69 Å². The molecule has 1 rings (SSSR count). The van der Waals surface area contributed by atoms with Gasteiger partial charge in [0.1, 0.15) is 0 Å². The maximum atomic E-state index is 10.6. The second-order valence-electron chi connectivity index (χ2n) is 3.92. The van der Waals surface area contributed by atoms with E-state index >= 15 is 0 Å². The van der Waals surface area contributed by atoms with E-state index in [2.05, 4.69) is 16.0 Å². The Bertz CT molecular complexity index is 195. The average Bonchev–Trinajstić information content (AvgIpc) is 2.21. The summed E-state index contributed by atoms with van der Waals surface area (Å²) in [4.78, 5) is 12.6. The third kappa shape index (κ3) is 10.3. The molecule has 0 saturated carbocycles. The van der Waals surface area contributed by atoms with Crippen LogP contribution in [0.1, 0.15) is 0 Å². The Balaban J connectivity index is 0.00000256. The van der Waals surface area contributed by atoms with E-state index in [1.807, 2.05) is 4.90 Å². The Morgan fingerprint density at radius 3 is 1.76 bits per heavy atom. The first-order valence-electron chi connectivity index (χ1n) is 5.85. The van der Waals surface area contributed by atoms with E-state index in [0.29, 0.717) is 0 Å². The molecule has 1 heterocycles. The molecule has 1 saturated heterocycles. The van der Waals surface area contributed by atoms with Gasteiger partial charge < -0.3 is 21.1 Å². The average molecular weight is 388 g/mol. The van der Waals surface area contributed by atoms with Gasteiger partial charge in [-0.05, 0) is 0 Å². The SMILES string of the molecule is O=C(O)CN1CCNCCNCCNCC1.[Gd]. The fourth-order valence-corrected chi connectivity index (χ4v) is 1.66. The van der Waals surface area contributed by atoms with Crippen molar-refractivity contribution in [1.82, 2.24) is 20.9 Å². The van der Waals surface area contributed by atoms with Crippen LogP contribution in [0.25, 0.3) is 0 Å². The first kappa shape index (κ1) is 17.6. The van der Waals surface area contributed by atoms with Crippen molar-refractivity contribution in [1.29, 1.82) is 0 Å². The van der Waals surface area contributed by atoms with Crippen LogP contribution in [-0.2, 0) is 4.79 Å². The second kappa shape index (κ2) is 11.7. The molecule has 1 fully saturated rings. The molecule has 0 amide bonds. The molecule has 4 N–H and O–H groups in total. The van der Waals surface area contributed by atoms with Gasteiger partial charge in [0.2, 0.25) is 0 Å². The van der Waals surface area contributed by atoms with Crippen molar-refractivity contribution in [3.05, 3.63) is 0 Å². The van der Waals surface area contributed by atoms with Gasteiger partial charge in [0.05, 0.1) is 6.54 Å². The molecule has 0 aromatic rings. The molecule has 0 atom stereocenters. The number of carboxylic acids is 1. The Kier molecular flexibility index (Phi) is 12.1. The van der Waals surface area contributed by atoms with Crippen molar-refractivity contribution in [2.75, 3.05) is 58.9 Å². The summed E-state index contributed by atoms with van der Waals surface area (Å²) in [7, 11) is 0. The zero-order valence-corrected chi connectivity index (χ0v) is 12.3. The van der Waals surface area contributed by atoms with Gasteiger partial charge >= 0.3 is 5.97 Å². The van der Waals surface area contributed by atoms with Gasteiger partial charge in [-0.2, -0.15) is 0 Å². The van der Waals surface area contributed by atoms with Crippen LogP contribution in [0.4, 0.5) is 0 Å². The fourth-order valence-electron chi connectivity index (χ4n) is 1.66. The van der Waals surface area contributed by atoms with Crippen LogP contribution in [0.2, 0.25) is 0 Å². The standard InChI is InChI=1S/C10H22N4O2.Gd/c15-10(16)9-14-7-5-12-3-1-11-2-4-13-6-8-14;/h11-13H,1-9H2,(H,15,16);. The number of carboxylic acid groups (broad SMARTS) is 1. The van der Waals surface area contributed by atoms with E-state index in [4.69, 9.17) is 5.11 Å². The van der Waals surface area contributed by atoms with Crippen LogP contribution in [0.5, 0.6) is 0 Å². The molecule has 0 aromatic carbocycles. The van der Waals surface area contributed by atoms with E-state index in [1.165, 1.54) is 0 Å². The van der Waals surface area contributed by atoms with Crippen LogP contribution in [0.15, 0.2) is 0 Å². The van der Waals surface area contributed by atoms with E-state index in [9.17, 15) is 4.79 Å². The molecule has 6 nitrogen and oxygen atoms in total. The van der Waals surface area contributed by atoms with Gasteiger partial charge in [0.15, 0.2) is 0 Å². The number of carbonyl (C=O) groups is 1. The number of aliphatic carboxylic acids is 1. The Morgan fingerprint density at radius 1 is 0.941 bits per heavy atom. The first-order valence-corrected chi connectivity index (χ1v) is 5.85. The smallest absolute Gasteiger partial charge is 0.317 e. The Hall–Kier alpha value is 0.635. The largest absolute Gasteiger partial charge is 0.480 e. The molecule has 0 radical (unpaired) electrons. The second-order valence-corrected chi connectivity index (χ2v) is 3.92. The number of hydrogen-bond donors (Lipinski definition) is 4. The molecular weight excluding hydrogens is 365 g/mol. The topological polar surface area (TPSA) is 76.6 Å². The molecule has 102 valence electrons. The quantitative estimate of drug-likeness (QED) is 0.446. The minimum atomic E-state index is -0.756. The van der Waals surface area contributed by atoms with Crippen LogP contribution in [0.3, 0.4) is 0 Å². The zero-order chi connectivity index (χ0) is 11.6. The summed E-state index contributed by atoms with van der Waals surface area (Å²) in [5, 5.41) is 18.7. The molecule has 1 aliphatic heterocycles. The van der Waals surface area contributed by atoms with Crippen molar-refractivity contribution in [3.8, 4) is 0 Å². The van der Waals surface area contributed by atoms with E-state index < -0.39 is 5.97 Å². The van der Waals surface area contributed by atoms with Gasteiger partial charge in [-0.15, -0.1) is 0 Å². The first-order chi connectivity index (χ1) is 7.79. The Morgan fingerprint density at radius 2 is 1.35 bits per heavy atom. The van der Waals surface area contributed by atoms with Crippen molar-refractivity contribution < 1.29 is 49.8 Å². The summed E-state index contributed by atoms with van der Waals surface area (Å²) in [5.41, 5.74) is 0. The number of nitrogens with one attached hydrogen (secondary N) is 3. The van der Waals surface area contributed by atoms with E-state index in [-0.39, 0.29) is 46.5 Å². The number of rotatable bonds is 2. The van der Waals surface area contributed by atoms with Crippen LogP contribution < -0.4 is 16.0 Å². The third-order valence-corrected chi connectivity index (χ3v) is 2.53. The van der Waals surface area contributed by atoms with Crippen LogP contribution >= 0.6 is 0 Å². The predicted molar refractivity (Wildman–Crippen MR) is 62.7 cm³/mol. The van der Waals surface area contributed by atoms with Crippen molar-refractivity contribution in [2.24, 2.45) is 0 Å². The fraction of sp³-hybridized carbons (Fsp3) is 0.900. The molecule has 1 aliphatic rings. The van der Waals surface area contributed by atoms with Crippen LogP contribution in [-0.4, -0.2) is 74.9 Å². The Labute approximate surface area is 135 Å². The molecule has 7 heteroatoms. The molecule has 17 heavy (non-hydrogen) atoms. The minimum absolute atomic E-state index is 0. The van der Waals surface area contributed by atoms with Crippen molar-refractivity contribution in [2.45, 2.75) is 0 Å². The van der Waals surface area contributed by atoms with Crippen molar-refractivity contribution >= 4 is 5.97 Å².